The van der Waals surface area contributed by atoms with Gasteiger partial charge in [-0.1, -0.05) is 17.7 Å². The molecule has 3 nitrogen and oxygen atoms in total. The van der Waals surface area contributed by atoms with E-state index in [4.69, 9.17) is 16.6 Å². The fourth-order valence-corrected chi connectivity index (χ4v) is 2.72. The highest BCUT2D eigenvalue weighted by atomic mass is 35.5. The molecule has 0 saturated heterocycles. The molecule has 0 saturated carbocycles. The van der Waals surface area contributed by atoms with Crippen LogP contribution < -0.4 is 10.2 Å². The molecular formula is C15H20ClN3. The Bertz CT molecular complexity index is 621. The Labute approximate surface area is 119 Å². The van der Waals surface area contributed by atoms with Crippen molar-refractivity contribution >= 4 is 28.2 Å². The highest BCUT2D eigenvalue weighted by Crippen LogP contribution is 2.36. The van der Waals surface area contributed by atoms with E-state index in [1.165, 1.54) is 5.56 Å². The quantitative estimate of drug-likeness (QED) is 0.933. The van der Waals surface area contributed by atoms with Crippen LogP contribution in [-0.4, -0.2) is 26.1 Å². The fourth-order valence-electron chi connectivity index (χ4n) is 2.48. The minimum Gasteiger partial charge on any atom is -0.377 e. The molecule has 0 aliphatic heterocycles. The lowest BCUT2D eigenvalue weighted by Gasteiger charge is -2.23. The zero-order valence-electron chi connectivity index (χ0n) is 12.1. The van der Waals surface area contributed by atoms with Crippen molar-refractivity contribution in [1.82, 2.24) is 10.3 Å². The maximum atomic E-state index is 6.42. The van der Waals surface area contributed by atoms with Crippen molar-refractivity contribution in [3.8, 4) is 0 Å². The standard InChI is InChI=1S/C15H20ClN3/c1-9-6-7-12(16)13-14(9)18-10(2)11(8-17-3)15(13)19(4)5/h6-7,17H,8H2,1-5H3. The topological polar surface area (TPSA) is 28.2 Å². The van der Waals surface area contributed by atoms with Gasteiger partial charge in [-0.05, 0) is 32.5 Å². The first-order valence-corrected chi connectivity index (χ1v) is 6.75. The largest absolute Gasteiger partial charge is 0.377 e. The van der Waals surface area contributed by atoms with Gasteiger partial charge >= 0.3 is 0 Å². The summed E-state index contributed by atoms with van der Waals surface area (Å²) in [6.07, 6.45) is 0. The summed E-state index contributed by atoms with van der Waals surface area (Å²) < 4.78 is 0. The van der Waals surface area contributed by atoms with Crippen LogP contribution in [0.2, 0.25) is 5.02 Å². The van der Waals surface area contributed by atoms with Gasteiger partial charge in [-0.3, -0.25) is 4.98 Å². The van der Waals surface area contributed by atoms with Crippen LogP contribution >= 0.6 is 11.6 Å². The third-order valence-corrected chi connectivity index (χ3v) is 3.68. The van der Waals surface area contributed by atoms with Crippen molar-refractivity contribution in [3.63, 3.8) is 0 Å². The molecule has 2 aromatic rings. The summed E-state index contributed by atoms with van der Waals surface area (Å²) in [5, 5.41) is 5.01. The van der Waals surface area contributed by atoms with Gasteiger partial charge in [-0.25, -0.2) is 0 Å². The van der Waals surface area contributed by atoms with Crippen molar-refractivity contribution in [1.29, 1.82) is 0 Å². The van der Waals surface area contributed by atoms with Crippen LogP contribution in [0.4, 0.5) is 5.69 Å². The Morgan fingerprint density at radius 2 is 1.95 bits per heavy atom. The third-order valence-electron chi connectivity index (χ3n) is 3.37. The summed E-state index contributed by atoms with van der Waals surface area (Å²) in [7, 11) is 6.04. The summed E-state index contributed by atoms with van der Waals surface area (Å²) in [6, 6.07) is 3.97. The van der Waals surface area contributed by atoms with Crippen molar-refractivity contribution in [3.05, 3.63) is 34.0 Å². The summed E-state index contributed by atoms with van der Waals surface area (Å²) in [5.74, 6) is 0. The number of halogens is 1. The van der Waals surface area contributed by atoms with Gasteiger partial charge in [0.1, 0.15) is 0 Å². The fraction of sp³-hybridized carbons (Fsp3) is 0.400. The first kappa shape index (κ1) is 14.1. The molecule has 0 radical (unpaired) electrons. The van der Waals surface area contributed by atoms with E-state index in [0.29, 0.717) is 0 Å². The van der Waals surface area contributed by atoms with Crippen LogP contribution in [0.15, 0.2) is 12.1 Å². The molecule has 0 aliphatic rings. The zero-order valence-corrected chi connectivity index (χ0v) is 12.9. The highest BCUT2D eigenvalue weighted by molar-refractivity contribution is 6.36. The normalized spacial score (nSPS) is 11.1. The van der Waals surface area contributed by atoms with Crippen molar-refractivity contribution in [2.45, 2.75) is 20.4 Å². The number of anilines is 1. The first-order chi connectivity index (χ1) is 8.97. The summed E-state index contributed by atoms with van der Waals surface area (Å²) in [6.45, 7) is 4.91. The molecule has 1 aromatic carbocycles. The molecule has 0 spiro atoms. The molecular weight excluding hydrogens is 258 g/mol. The molecule has 0 amide bonds. The van der Waals surface area contributed by atoms with Crippen molar-refractivity contribution in [2.24, 2.45) is 0 Å². The van der Waals surface area contributed by atoms with E-state index < -0.39 is 0 Å². The summed E-state index contributed by atoms with van der Waals surface area (Å²) in [5.41, 5.74) is 5.56. The maximum Gasteiger partial charge on any atom is 0.0770 e. The molecule has 1 aromatic heterocycles. The Kier molecular flexibility index (Phi) is 3.97. The molecule has 19 heavy (non-hydrogen) atoms. The Morgan fingerprint density at radius 3 is 2.53 bits per heavy atom. The number of hydrogen-bond donors (Lipinski definition) is 1. The number of hydrogen-bond acceptors (Lipinski definition) is 3. The van der Waals surface area contributed by atoms with Gasteiger partial charge in [0.25, 0.3) is 0 Å². The number of aryl methyl sites for hydroxylation is 2. The molecule has 0 bridgehead atoms. The number of nitrogens with one attached hydrogen (secondary N) is 1. The van der Waals surface area contributed by atoms with E-state index in [2.05, 4.69) is 24.1 Å². The van der Waals surface area contributed by atoms with Crippen molar-refractivity contribution in [2.75, 3.05) is 26.0 Å². The minimum absolute atomic E-state index is 0.758. The van der Waals surface area contributed by atoms with E-state index in [9.17, 15) is 0 Å². The van der Waals surface area contributed by atoms with Crippen LogP contribution in [0.25, 0.3) is 10.9 Å². The molecule has 0 atom stereocenters. The summed E-state index contributed by atoms with van der Waals surface area (Å²) >= 11 is 6.42. The molecule has 1 N–H and O–H groups in total. The molecule has 0 unspecified atom stereocenters. The van der Waals surface area contributed by atoms with Gasteiger partial charge in [0.15, 0.2) is 0 Å². The minimum atomic E-state index is 0.758. The number of fused-ring (bicyclic) bond motifs is 1. The van der Waals surface area contributed by atoms with E-state index in [-0.39, 0.29) is 0 Å². The van der Waals surface area contributed by atoms with Gasteiger partial charge in [0.2, 0.25) is 0 Å². The number of nitrogens with zero attached hydrogens (tertiary/aromatic N) is 2. The van der Waals surface area contributed by atoms with Crippen LogP contribution in [0, 0.1) is 13.8 Å². The number of benzene rings is 1. The average Bonchev–Trinajstić information content (AvgIpc) is 2.35. The van der Waals surface area contributed by atoms with Gasteiger partial charge < -0.3 is 10.2 Å². The van der Waals surface area contributed by atoms with E-state index in [0.717, 1.165) is 39.4 Å². The van der Waals surface area contributed by atoms with Crippen LogP contribution in [0.5, 0.6) is 0 Å². The van der Waals surface area contributed by atoms with Crippen molar-refractivity contribution < 1.29 is 0 Å². The van der Waals surface area contributed by atoms with E-state index in [1.54, 1.807) is 0 Å². The first-order valence-electron chi connectivity index (χ1n) is 6.37. The highest BCUT2D eigenvalue weighted by Gasteiger charge is 2.17. The van der Waals surface area contributed by atoms with Crippen LogP contribution in [0.3, 0.4) is 0 Å². The summed E-state index contributed by atoms with van der Waals surface area (Å²) in [4.78, 5) is 6.87. The van der Waals surface area contributed by atoms with Gasteiger partial charge in [-0.15, -0.1) is 0 Å². The lowest BCUT2D eigenvalue weighted by molar-refractivity contribution is 0.804. The lowest BCUT2D eigenvalue weighted by Crippen LogP contribution is -2.17. The zero-order chi connectivity index (χ0) is 14.2. The third kappa shape index (κ3) is 2.40. The number of aromatic nitrogens is 1. The maximum absolute atomic E-state index is 6.42. The van der Waals surface area contributed by atoms with Crippen LogP contribution in [-0.2, 0) is 6.54 Å². The predicted molar refractivity (Wildman–Crippen MR) is 83.3 cm³/mol. The Morgan fingerprint density at radius 1 is 1.26 bits per heavy atom. The Hall–Kier alpha value is -1.32. The number of pyridine rings is 1. The van der Waals surface area contributed by atoms with Crippen LogP contribution in [0.1, 0.15) is 16.8 Å². The Balaban J connectivity index is 2.94. The van der Waals surface area contributed by atoms with Gasteiger partial charge in [0, 0.05) is 37.3 Å². The molecule has 2 rings (SSSR count). The second-order valence-corrected chi connectivity index (χ2v) is 5.44. The molecule has 102 valence electrons. The number of rotatable bonds is 3. The smallest absolute Gasteiger partial charge is 0.0770 e. The molecule has 4 heteroatoms. The average molecular weight is 278 g/mol. The second-order valence-electron chi connectivity index (χ2n) is 5.04. The molecule has 0 fully saturated rings. The monoisotopic (exact) mass is 277 g/mol. The predicted octanol–water partition coefficient (Wildman–Crippen LogP) is 3.29. The lowest BCUT2D eigenvalue weighted by atomic mass is 10.0. The van der Waals surface area contributed by atoms with Gasteiger partial charge in [0.05, 0.1) is 16.2 Å². The van der Waals surface area contributed by atoms with E-state index >= 15 is 0 Å². The van der Waals surface area contributed by atoms with E-state index in [1.807, 2.05) is 33.3 Å². The van der Waals surface area contributed by atoms with Gasteiger partial charge in [-0.2, -0.15) is 0 Å². The molecule has 1 heterocycles. The second kappa shape index (κ2) is 5.35. The SMILES string of the molecule is CNCc1c(C)nc2c(C)ccc(Cl)c2c1N(C)C. The molecule has 0 aliphatic carbocycles.